The largest absolute Gasteiger partial charge is 0.497 e. The van der Waals surface area contributed by atoms with Crippen molar-refractivity contribution in [2.75, 3.05) is 5.73 Å². The van der Waals surface area contributed by atoms with Gasteiger partial charge in [0.15, 0.2) is 0 Å². The summed E-state index contributed by atoms with van der Waals surface area (Å²) in [6.07, 6.45) is 7.23. The third kappa shape index (κ3) is 2.33. The van der Waals surface area contributed by atoms with Gasteiger partial charge in [0, 0.05) is 17.9 Å². The van der Waals surface area contributed by atoms with E-state index in [-0.39, 0.29) is 11.2 Å². The number of nitrogens with two attached hydrogens (primary N) is 1. The van der Waals surface area contributed by atoms with Gasteiger partial charge >= 0.3 is 7.12 Å². The molecule has 5 heteroatoms. The summed E-state index contributed by atoms with van der Waals surface area (Å²) in [7, 11) is -0.392. The van der Waals surface area contributed by atoms with Crippen LogP contribution in [0.3, 0.4) is 0 Å². The van der Waals surface area contributed by atoms with Gasteiger partial charge in [-0.15, -0.1) is 0 Å². The summed E-state index contributed by atoms with van der Waals surface area (Å²) in [5.74, 6) is 0.778. The van der Waals surface area contributed by atoms with Crippen LogP contribution in [0.15, 0.2) is 12.4 Å². The molecule has 0 aromatic carbocycles. The standard InChI is InChI=1S/C15H23BN2O2/c1-14(2)15(3,4)20-16(19-14)13-11(7-10-5-6-10)8-18-9-12(13)17/h8-10H,5-7,17H2,1-4H3. The Kier molecular flexibility index (Phi) is 3.10. The van der Waals surface area contributed by atoms with E-state index >= 15 is 0 Å². The first-order chi connectivity index (χ1) is 9.30. The highest BCUT2D eigenvalue weighted by Crippen LogP contribution is 2.38. The zero-order valence-electron chi connectivity index (χ0n) is 12.8. The van der Waals surface area contributed by atoms with Crippen molar-refractivity contribution in [1.82, 2.24) is 4.98 Å². The maximum atomic E-state index is 6.15. The van der Waals surface area contributed by atoms with Crippen LogP contribution >= 0.6 is 0 Å². The van der Waals surface area contributed by atoms with Crippen molar-refractivity contribution in [3.63, 3.8) is 0 Å². The molecule has 1 aromatic rings. The van der Waals surface area contributed by atoms with Gasteiger partial charge in [0.25, 0.3) is 0 Å². The van der Waals surface area contributed by atoms with E-state index in [1.807, 2.05) is 6.20 Å². The molecular formula is C15H23BN2O2. The summed E-state index contributed by atoms with van der Waals surface area (Å²) < 4.78 is 12.3. The second-order valence-corrected chi connectivity index (χ2v) is 7.04. The number of hydrogen-bond donors (Lipinski definition) is 1. The average molecular weight is 274 g/mol. The van der Waals surface area contributed by atoms with E-state index in [1.54, 1.807) is 6.20 Å². The number of hydrogen-bond acceptors (Lipinski definition) is 4. The van der Waals surface area contributed by atoms with Crippen LogP contribution in [0.2, 0.25) is 0 Å². The van der Waals surface area contributed by atoms with E-state index in [4.69, 9.17) is 15.0 Å². The molecule has 2 fully saturated rings. The van der Waals surface area contributed by atoms with Crippen molar-refractivity contribution >= 4 is 18.3 Å². The molecule has 4 nitrogen and oxygen atoms in total. The quantitative estimate of drug-likeness (QED) is 0.855. The predicted molar refractivity (Wildman–Crippen MR) is 80.8 cm³/mol. The van der Waals surface area contributed by atoms with Gasteiger partial charge in [-0.05, 0) is 58.4 Å². The lowest BCUT2D eigenvalue weighted by atomic mass is 9.74. The lowest BCUT2D eigenvalue weighted by Gasteiger charge is -2.32. The lowest BCUT2D eigenvalue weighted by Crippen LogP contribution is -2.41. The van der Waals surface area contributed by atoms with E-state index in [0.29, 0.717) is 5.69 Å². The maximum Gasteiger partial charge on any atom is 0.497 e. The fourth-order valence-corrected chi connectivity index (χ4v) is 2.58. The van der Waals surface area contributed by atoms with E-state index in [1.165, 1.54) is 18.4 Å². The summed E-state index contributed by atoms with van der Waals surface area (Å²) in [6.45, 7) is 8.24. The minimum Gasteiger partial charge on any atom is -0.399 e. The van der Waals surface area contributed by atoms with Crippen molar-refractivity contribution < 1.29 is 9.31 Å². The van der Waals surface area contributed by atoms with Gasteiger partial charge in [0.2, 0.25) is 0 Å². The molecule has 20 heavy (non-hydrogen) atoms. The van der Waals surface area contributed by atoms with E-state index < -0.39 is 7.12 Å². The third-order valence-corrected chi connectivity index (χ3v) is 4.80. The number of nitrogens with zero attached hydrogens (tertiary/aromatic N) is 1. The Morgan fingerprint density at radius 3 is 2.35 bits per heavy atom. The minimum absolute atomic E-state index is 0.343. The molecule has 1 saturated carbocycles. The molecular weight excluding hydrogens is 251 g/mol. The average Bonchev–Trinajstić information content (AvgIpc) is 3.07. The fraction of sp³-hybridized carbons (Fsp3) is 0.667. The Morgan fingerprint density at radius 2 is 1.80 bits per heavy atom. The second kappa shape index (κ2) is 4.47. The highest BCUT2D eigenvalue weighted by atomic mass is 16.7. The van der Waals surface area contributed by atoms with Crippen LogP contribution in [0, 0.1) is 5.92 Å². The van der Waals surface area contributed by atoms with Crippen molar-refractivity contribution in [2.24, 2.45) is 5.92 Å². The van der Waals surface area contributed by atoms with Crippen molar-refractivity contribution in [1.29, 1.82) is 0 Å². The molecule has 0 unspecified atom stereocenters. The van der Waals surface area contributed by atoms with Crippen molar-refractivity contribution in [2.45, 2.75) is 58.2 Å². The van der Waals surface area contributed by atoms with Crippen molar-refractivity contribution in [3.05, 3.63) is 18.0 Å². The Bertz CT molecular complexity index is 511. The van der Waals surface area contributed by atoms with Crippen molar-refractivity contribution in [3.8, 4) is 0 Å². The summed E-state index contributed by atoms with van der Waals surface area (Å²) in [5, 5.41) is 0. The third-order valence-electron chi connectivity index (χ3n) is 4.80. The zero-order chi connectivity index (χ0) is 14.5. The molecule has 1 aliphatic heterocycles. The number of anilines is 1. The predicted octanol–water partition coefficient (Wildman–Crippen LogP) is 1.92. The first kappa shape index (κ1) is 13.9. The molecule has 3 rings (SSSR count). The van der Waals surface area contributed by atoms with Crippen LogP contribution in [0.1, 0.15) is 46.1 Å². The number of nitrogen functional groups attached to an aromatic ring is 1. The van der Waals surface area contributed by atoms with E-state index in [2.05, 4.69) is 32.7 Å². The van der Waals surface area contributed by atoms with Crippen LogP contribution in [-0.4, -0.2) is 23.3 Å². The first-order valence-corrected chi connectivity index (χ1v) is 7.38. The maximum absolute atomic E-state index is 6.15. The van der Waals surface area contributed by atoms with Gasteiger partial charge in [-0.25, -0.2) is 0 Å². The Labute approximate surface area is 121 Å². The SMILES string of the molecule is CC1(C)OB(c2c(N)cncc2CC2CC2)OC1(C)C. The normalized spacial score (nSPS) is 24.1. The molecule has 1 saturated heterocycles. The molecule has 1 aliphatic carbocycles. The Hall–Kier alpha value is -1.07. The summed E-state index contributed by atoms with van der Waals surface area (Å²) >= 11 is 0. The topological polar surface area (TPSA) is 57.4 Å². The van der Waals surface area contributed by atoms with Crippen LogP contribution in [0.4, 0.5) is 5.69 Å². The summed E-state index contributed by atoms with van der Waals surface area (Å²) in [4.78, 5) is 4.23. The van der Waals surface area contributed by atoms with Crippen LogP contribution < -0.4 is 11.2 Å². The second-order valence-electron chi connectivity index (χ2n) is 7.04. The highest BCUT2D eigenvalue weighted by molar-refractivity contribution is 6.64. The molecule has 2 aliphatic rings. The molecule has 2 heterocycles. The van der Waals surface area contributed by atoms with E-state index in [0.717, 1.165) is 17.8 Å². The highest BCUT2D eigenvalue weighted by Gasteiger charge is 2.52. The minimum atomic E-state index is -0.392. The van der Waals surface area contributed by atoms with Crippen LogP contribution in [0.25, 0.3) is 0 Å². The van der Waals surface area contributed by atoms with Gasteiger partial charge < -0.3 is 15.0 Å². The Balaban J connectivity index is 1.94. The van der Waals surface area contributed by atoms with Gasteiger partial charge in [-0.1, -0.05) is 0 Å². The number of pyridine rings is 1. The van der Waals surface area contributed by atoms with Gasteiger partial charge in [0.05, 0.1) is 16.9 Å². The van der Waals surface area contributed by atoms with Gasteiger partial charge in [-0.3, -0.25) is 4.98 Å². The molecule has 0 spiro atoms. The fourth-order valence-electron chi connectivity index (χ4n) is 2.58. The van der Waals surface area contributed by atoms with Gasteiger partial charge in [-0.2, -0.15) is 0 Å². The van der Waals surface area contributed by atoms with Crippen LogP contribution in [0.5, 0.6) is 0 Å². The van der Waals surface area contributed by atoms with E-state index in [9.17, 15) is 0 Å². The monoisotopic (exact) mass is 274 g/mol. The summed E-state index contributed by atoms with van der Waals surface area (Å²) in [5.41, 5.74) is 8.28. The number of aromatic nitrogens is 1. The Morgan fingerprint density at radius 1 is 1.20 bits per heavy atom. The summed E-state index contributed by atoms with van der Waals surface area (Å²) in [6, 6.07) is 0. The molecule has 0 radical (unpaired) electrons. The molecule has 2 N–H and O–H groups in total. The number of rotatable bonds is 3. The lowest BCUT2D eigenvalue weighted by molar-refractivity contribution is 0.00578. The molecule has 1 aromatic heterocycles. The molecule has 0 amide bonds. The van der Waals surface area contributed by atoms with Gasteiger partial charge in [0.1, 0.15) is 0 Å². The van der Waals surface area contributed by atoms with Crippen LogP contribution in [-0.2, 0) is 15.7 Å². The molecule has 0 bridgehead atoms. The zero-order valence-corrected chi connectivity index (χ0v) is 12.8. The molecule has 108 valence electrons. The molecule has 0 atom stereocenters. The smallest absolute Gasteiger partial charge is 0.399 e. The first-order valence-electron chi connectivity index (χ1n) is 7.38.